The van der Waals surface area contributed by atoms with E-state index in [0.717, 1.165) is 12.1 Å². The number of hydrogen-bond acceptors (Lipinski definition) is 1. The Hall–Kier alpha value is -0.610. The van der Waals surface area contributed by atoms with Crippen LogP contribution in [-0.4, -0.2) is 5.91 Å². The van der Waals surface area contributed by atoms with Gasteiger partial charge in [-0.05, 0) is 28.1 Å². The van der Waals surface area contributed by atoms with Gasteiger partial charge in [0.25, 0.3) is 0 Å². The zero-order chi connectivity index (χ0) is 9.30. The summed E-state index contributed by atoms with van der Waals surface area (Å²) in [6.45, 7) is 0. The summed E-state index contributed by atoms with van der Waals surface area (Å²) in [5.74, 6) is -1.31. The van der Waals surface area contributed by atoms with Crippen molar-refractivity contribution in [2.75, 3.05) is 0 Å². The first-order valence-corrected chi connectivity index (χ1v) is 4.14. The molecule has 0 saturated carbocycles. The minimum absolute atomic E-state index is 0.0417. The Bertz CT molecular complexity index is 342. The highest BCUT2D eigenvalue weighted by Gasteiger charge is 2.11. The smallest absolute Gasteiger partial charge is 0.250 e. The van der Waals surface area contributed by atoms with Crippen LogP contribution < -0.4 is 5.73 Å². The Morgan fingerprint density at radius 1 is 1.58 bits per heavy atom. The van der Waals surface area contributed by atoms with Gasteiger partial charge < -0.3 is 5.73 Å². The van der Waals surface area contributed by atoms with Crippen LogP contribution >= 0.6 is 27.5 Å². The van der Waals surface area contributed by atoms with Gasteiger partial charge >= 0.3 is 0 Å². The van der Waals surface area contributed by atoms with Crippen molar-refractivity contribution in [1.29, 1.82) is 0 Å². The van der Waals surface area contributed by atoms with Crippen molar-refractivity contribution in [2.24, 2.45) is 5.73 Å². The van der Waals surface area contributed by atoms with Gasteiger partial charge in [0.2, 0.25) is 5.91 Å². The lowest BCUT2D eigenvalue weighted by molar-refractivity contribution is 0.0999. The molecule has 1 aromatic rings. The summed E-state index contributed by atoms with van der Waals surface area (Å²) in [5.41, 5.74) is 5.00. The SMILES string of the molecule is NC(=O)c1cc(F)cc(Cl)c1Br. The summed E-state index contributed by atoms with van der Waals surface area (Å²) in [5, 5.41) is 0.129. The van der Waals surface area contributed by atoms with Gasteiger partial charge in [-0.3, -0.25) is 4.79 Å². The molecule has 0 unspecified atom stereocenters. The minimum Gasteiger partial charge on any atom is -0.366 e. The molecule has 2 nitrogen and oxygen atoms in total. The average molecular weight is 252 g/mol. The number of rotatable bonds is 1. The summed E-state index contributed by atoms with van der Waals surface area (Å²) in [6, 6.07) is 2.12. The van der Waals surface area contributed by atoms with Gasteiger partial charge in [0.1, 0.15) is 5.82 Å². The number of amides is 1. The Kier molecular flexibility index (Phi) is 2.69. The maximum absolute atomic E-state index is 12.7. The first-order valence-electron chi connectivity index (χ1n) is 2.96. The lowest BCUT2D eigenvalue weighted by atomic mass is 10.2. The Balaban J connectivity index is 3.37. The highest BCUT2D eigenvalue weighted by atomic mass is 79.9. The van der Waals surface area contributed by atoms with Gasteiger partial charge in [0.05, 0.1) is 10.6 Å². The number of carbonyl (C=O) groups excluding carboxylic acids is 1. The van der Waals surface area contributed by atoms with Crippen molar-refractivity contribution < 1.29 is 9.18 Å². The average Bonchev–Trinajstić information content (AvgIpc) is 1.96. The van der Waals surface area contributed by atoms with Crippen LogP contribution in [0.5, 0.6) is 0 Å². The fourth-order valence-electron chi connectivity index (χ4n) is 0.735. The quantitative estimate of drug-likeness (QED) is 0.766. The lowest BCUT2D eigenvalue weighted by Crippen LogP contribution is -2.12. The van der Waals surface area contributed by atoms with Crippen LogP contribution in [0.15, 0.2) is 16.6 Å². The second-order valence-corrected chi connectivity index (χ2v) is 3.31. The Morgan fingerprint density at radius 2 is 2.17 bits per heavy atom. The van der Waals surface area contributed by atoms with E-state index in [9.17, 15) is 9.18 Å². The van der Waals surface area contributed by atoms with E-state index < -0.39 is 11.7 Å². The number of benzene rings is 1. The van der Waals surface area contributed by atoms with Gasteiger partial charge in [-0.25, -0.2) is 4.39 Å². The minimum atomic E-state index is -0.719. The molecule has 12 heavy (non-hydrogen) atoms. The van der Waals surface area contributed by atoms with E-state index in [0.29, 0.717) is 4.47 Å². The number of primary amides is 1. The summed E-state index contributed by atoms with van der Waals surface area (Å²) >= 11 is 8.58. The molecule has 0 aliphatic carbocycles. The molecule has 5 heteroatoms. The van der Waals surface area contributed by atoms with Gasteiger partial charge in [0.15, 0.2) is 0 Å². The molecular formula is C7H4BrClFNO. The van der Waals surface area contributed by atoms with Crippen molar-refractivity contribution in [1.82, 2.24) is 0 Å². The van der Waals surface area contributed by atoms with Gasteiger partial charge in [0, 0.05) is 4.47 Å². The topological polar surface area (TPSA) is 43.1 Å². The number of nitrogens with two attached hydrogens (primary N) is 1. The van der Waals surface area contributed by atoms with E-state index in [1.54, 1.807) is 0 Å². The van der Waals surface area contributed by atoms with Gasteiger partial charge in [-0.1, -0.05) is 11.6 Å². The number of halogens is 3. The van der Waals surface area contributed by atoms with E-state index in [1.807, 2.05) is 0 Å². The van der Waals surface area contributed by atoms with E-state index in [2.05, 4.69) is 15.9 Å². The van der Waals surface area contributed by atoms with Gasteiger partial charge in [-0.2, -0.15) is 0 Å². The maximum Gasteiger partial charge on any atom is 0.250 e. The predicted molar refractivity (Wildman–Crippen MR) is 47.6 cm³/mol. The lowest BCUT2D eigenvalue weighted by Gasteiger charge is -2.01. The van der Waals surface area contributed by atoms with E-state index in [-0.39, 0.29) is 10.6 Å². The molecule has 64 valence electrons. The standard InChI is InChI=1S/C7H4BrClFNO/c8-6-4(7(11)12)1-3(10)2-5(6)9/h1-2H,(H2,11,12). The molecule has 0 saturated heterocycles. The van der Waals surface area contributed by atoms with Crippen molar-refractivity contribution in [3.8, 4) is 0 Å². The van der Waals surface area contributed by atoms with Crippen LogP contribution in [0.25, 0.3) is 0 Å². The van der Waals surface area contributed by atoms with Crippen molar-refractivity contribution in [3.05, 3.63) is 33.0 Å². The zero-order valence-electron chi connectivity index (χ0n) is 5.77. The molecule has 0 radical (unpaired) electrons. The molecule has 0 atom stereocenters. The molecule has 1 rings (SSSR count). The molecule has 2 N–H and O–H groups in total. The normalized spacial score (nSPS) is 9.92. The molecule has 0 heterocycles. The number of hydrogen-bond donors (Lipinski definition) is 1. The largest absolute Gasteiger partial charge is 0.366 e. The predicted octanol–water partition coefficient (Wildman–Crippen LogP) is 2.34. The molecule has 1 aromatic carbocycles. The molecule has 0 spiro atoms. The van der Waals surface area contributed by atoms with Crippen LogP contribution in [0.1, 0.15) is 10.4 Å². The molecule has 0 aromatic heterocycles. The highest BCUT2D eigenvalue weighted by Crippen LogP contribution is 2.27. The fraction of sp³-hybridized carbons (Fsp3) is 0. The summed E-state index contributed by atoms with van der Waals surface area (Å²) in [7, 11) is 0. The summed E-state index contributed by atoms with van der Waals surface area (Å²) < 4.78 is 13.0. The Morgan fingerprint density at radius 3 is 2.67 bits per heavy atom. The van der Waals surface area contributed by atoms with E-state index in [1.165, 1.54) is 0 Å². The first-order chi connectivity index (χ1) is 5.52. The molecule has 0 bridgehead atoms. The molecule has 1 amide bonds. The second kappa shape index (κ2) is 3.41. The van der Waals surface area contributed by atoms with Crippen LogP contribution in [0.4, 0.5) is 4.39 Å². The maximum atomic E-state index is 12.7. The second-order valence-electron chi connectivity index (χ2n) is 2.11. The Labute approximate surface area is 81.6 Å². The molecular weight excluding hydrogens is 248 g/mol. The molecule has 0 aliphatic rings. The third-order valence-electron chi connectivity index (χ3n) is 1.26. The van der Waals surface area contributed by atoms with Crippen molar-refractivity contribution in [2.45, 2.75) is 0 Å². The third kappa shape index (κ3) is 1.76. The van der Waals surface area contributed by atoms with E-state index >= 15 is 0 Å². The van der Waals surface area contributed by atoms with E-state index in [4.69, 9.17) is 17.3 Å². The van der Waals surface area contributed by atoms with Crippen molar-refractivity contribution in [3.63, 3.8) is 0 Å². The summed E-state index contributed by atoms with van der Waals surface area (Å²) in [4.78, 5) is 10.7. The highest BCUT2D eigenvalue weighted by molar-refractivity contribution is 9.10. The zero-order valence-corrected chi connectivity index (χ0v) is 8.12. The van der Waals surface area contributed by atoms with Crippen LogP contribution in [0, 0.1) is 5.82 Å². The van der Waals surface area contributed by atoms with Gasteiger partial charge in [-0.15, -0.1) is 0 Å². The van der Waals surface area contributed by atoms with Crippen LogP contribution in [-0.2, 0) is 0 Å². The fourth-order valence-corrected chi connectivity index (χ4v) is 1.37. The van der Waals surface area contributed by atoms with Crippen LogP contribution in [0.2, 0.25) is 5.02 Å². The van der Waals surface area contributed by atoms with Crippen molar-refractivity contribution >= 4 is 33.4 Å². The first kappa shape index (κ1) is 9.48. The number of carbonyl (C=O) groups is 1. The third-order valence-corrected chi connectivity index (χ3v) is 2.64. The molecule has 0 aliphatic heterocycles. The monoisotopic (exact) mass is 251 g/mol. The molecule has 0 fully saturated rings. The van der Waals surface area contributed by atoms with Crippen LogP contribution in [0.3, 0.4) is 0 Å². The summed E-state index contributed by atoms with van der Waals surface area (Å²) in [6.07, 6.45) is 0.